The number of nitrogens with one attached hydrogen (secondary N) is 1. The quantitative estimate of drug-likeness (QED) is 0.849. The van der Waals surface area contributed by atoms with Gasteiger partial charge in [0.25, 0.3) is 5.91 Å². The first-order valence-electron chi connectivity index (χ1n) is 7.25. The first kappa shape index (κ1) is 17.3. The summed E-state index contributed by atoms with van der Waals surface area (Å²) in [5, 5.41) is 21.6. The van der Waals surface area contributed by atoms with Crippen molar-refractivity contribution in [1.82, 2.24) is 5.32 Å². The van der Waals surface area contributed by atoms with Crippen molar-refractivity contribution in [3.05, 3.63) is 59.2 Å². The van der Waals surface area contributed by atoms with Crippen LogP contribution in [0, 0.1) is 11.3 Å². The van der Waals surface area contributed by atoms with Crippen LogP contribution in [0.1, 0.15) is 22.8 Å². The van der Waals surface area contributed by atoms with E-state index < -0.39 is 6.10 Å². The van der Waals surface area contributed by atoms with Gasteiger partial charge in [0.2, 0.25) is 0 Å². The number of hydrogen-bond acceptors (Lipinski definition) is 5. The summed E-state index contributed by atoms with van der Waals surface area (Å²) in [5.74, 6) is 0.0427. The van der Waals surface area contributed by atoms with Crippen LogP contribution < -0.4 is 10.1 Å². The van der Waals surface area contributed by atoms with Crippen LogP contribution in [0.3, 0.4) is 0 Å². The standard InChI is InChI=1S/C18H18N2O4/c1-23-14-7-8-15(16(21)9-14)17(24-2)18(22)20-11-13-5-3-12(10-19)4-6-13/h3-9,17,21H,11H2,1-2H3,(H,20,22)/t17-/m0/s1. The summed E-state index contributed by atoms with van der Waals surface area (Å²) in [5.41, 5.74) is 1.77. The molecule has 2 aromatic rings. The first-order chi connectivity index (χ1) is 11.6. The highest BCUT2D eigenvalue weighted by Gasteiger charge is 2.23. The van der Waals surface area contributed by atoms with Gasteiger partial charge in [-0.15, -0.1) is 0 Å². The Labute approximate surface area is 140 Å². The van der Waals surface area contributed by atoms with Gasteiger partial charge in [-0.25, -0.2) is 0 Å². The molecule has 6 heteroatoms. The van der Waals surface area contributed by atoms with Gasteiger partial charge in [-0.3, -0.25) is 4.79 Å². The molecule has 0 aliphatic carbocycles. The lowest BCUT2D eigenvalue weighted by Gasteiger charge is -2.17. The van der Waals surface area contributed by atoms with Gasteiger partial charge in [-0.05, 0) is 29.8 Å². The molecule has 0 heterocycles. The molecule has 0 aliphatic rings. The molecule has 2 N–H and O–H groups in total. The molecule has 0 radical (unpaired) electrons. The molecule has 0 saturated carbocycles. The molecule has 0 aliphatic heterocycles. The van der Waals surface area contributed by atoms with Crippen molar-refractivity contribution >= 4 is 5.91 Å². The lowest BCUT2D eigenvalue weighted by molar-refractivity contribution is -0.131. The molecule has 0 aromatic heterocycles. The Kier molecular flexibility index (Phi) is 5.77. The lowest BCUT2D eigenvalue weighted by Crippen LogP contribution is -2.30. The van der Waals surface area contributed by atoms with Gasteiger partial charge in [0, 0.05) is 25.3 Å². The second kappa shape index (κ2) is 7.99. The zero-order valence-electron chi connectivity index (χ0n) is 13.4. The number of nitriles is 1. The average molecular weight is 326 g/mol. The summed E-state index contributed by atoms with van der Waals surface area (Å²) >= 11 is 0. The van der Waals surface area contributed by atoms with Crippen LogP contribution >= 0.6 is 0 Å². The van der Waals surface area contributed by atoms with E-state index in [9.17, 15) is 9.90 Å². The smallest absolute Gasteiger partial charge is 0.254 e. The molecule has 2 aromatic carbocycles. The fraction of sp³-hybridized carbons (Fsp3) is 0.222. The maximum absolute atomic E-state index is 12.3. The van der Waals surface area contributed by atoms with Gasteiger partial charge in [0.05, 0.1) is 18.7 Å². The van der Waals surface area contributed by atoms with E-state index >= 15 is 0 Å². The number of benzene rings is 2. The number of rotatable bonds is 6. The van der Waals surface area contributed by atoms with Gasteiger partial charge >= 0.3 is 0 Å². The molecule has 0 saturated heterocycles. The third-order valence-electron chi connectivity index (χ3n) is 3.54. The molecule has 1 amide bonds. The van der Waals surface area contributed by atoms with E-state index in [-0.39, 0.29) is 11.7 Å². The lowest BCUT2D eigenvalue weighted by atomic mass is 10.1. The molecular weight excluding hydrogens is 308 g/mol. The maximum Gasteiger partial charge on any atom is 0.254 e. The highest BCUT2D eigenvalue weighted by atomic mass is 16.5. The van der Waals surface area contributed by atoms with Crippen LogP contribution in [0.2, 0.25) is 0 Å². The largest absolute Gasteiger partial charge is 0.507 e. The number of aromatic hydroxyl groups is 1. The number of carbonyl (C=O) groups is 1. The number of nitrogens with zero attached hydrogens (tertiary/aromatic N) is 1. The average Bonchev–Trinajstić information content (AvgIpc) is 2.62. The molecular formula is C18H18N2O4. The molecule has 124 valence electrons. The second-order valence-corrected chi connectivity index (χ2v) is 5.07. The van der Waals surface area contributed by atoms with E-state index in [1.165, 1.54) is 20.3 Å². The van der Waals surface area contributed by atoms with Crippen molar-refractivity contribution in [3.63, 3.8) is 0 Å². The van der Waals surface area contributed by atoms with Crippen LogP contribution in [0.15, 0.2) is 42.5 Å². The Bertz CT molecular complexity index is 751. The van der Waals surface area contributed by atoms with Crippen molar-refractivity contribution in [2.45, 2.75) is 12.6 Å². The number of methoxy groups -OCH3 is 2. The van der Waals surface area contributed by atoms with Crippen molar-refractivity contribution in [2.75, 3.05) is 14.2 Å². The summed E-state index contributed by atoms with van der Waals surface area (Å²) in [6.45, 7) is 0.293. The monoisotopic (exact) mass is 326 g/mol. The molecule has 0 spiro atoms. The van der Waals surface area contributed by atoms with Crippen LogP contribution in [-0.2, 0) is 16.1 Å². The van der Waals surface area contributed by atoms with E-state index in [4.69, 9.17) is 14.7 Å². The van der Waals surface area contributed by atoms with E-state index in [2.05, 4.69) is 5.32 Å². The van der Waals surface area contributed by atoms with E-state index in [1.54, 1.807) is 36.4 Å². The Morgan fingerprint density at radius 3 is 2.50 bits per heavy atom. The molecule has 0 fully saturated rings. The number of phenols is 1. The van der Waals surface area contributed by atoms with E-state index in [0.29, 0.717) is 23.4 Å². The second-order valence-electron chi connectivity index (χ2n) is 5.07. The molecule has 0 unspecified atom stereocenters. The van der Waals surface area contributed by atoms with Crippen molar-refractivity contribution in [2.24, 2.45) is 0 Å². The number of hydrogen-bond donors (Lipinski definition) is 2. The number of amides is 1. The van der Waals surface area contributed by atoms with E-state index in [0.717, 1.165) is 5.56 Å². The highest BCUT2D eigenvalue weighted by Crippen LogP contribution is 2.30. The Hall–Kier alpha value is -3.04. The van der Waals surface area contributed by atoms with Crippen LogP contribution in [-0.4, -0.2) is 25.2 Å². The van der Waals surface area contributed by atoms with Crippen LogP contribution in [0.4, 0.5) is 0 Å². The molecule has 2 rings (SSSR count). The minimum absolute atomic E-state index is 0.0743. The molecule has 6 nitrogen and oxygen atoms in total. The third-order valence-corrected chi connectivity index (χ3v) is 3.54. The van der Waals surface area contributed by atoms with Gasteiger partial charge in [-0.1, -0.05) is 12.1 Å². The van der Waals surface area contributed by atoms with Gasteiger partial charge in [0.15, 0.2) is 6.10 Å². The van der Waals surface area contributed by atoms with Crippen LogP contribution in [0.25, 0.3) is 0 Å². The molecule has 24 heavy (non-hydrogen) atoms. The van der Waals surface area contributed by atoms with Gasteiger partial charge in [-0.2, -0.15) is 5.26 Å². The summed E-state index contributed by atoms with van der Waals surface area (Å²) in [4.78, 5) is 12.3. The van der Waals surface area contributed by atoms with Crippen molar-refractivity contribution in [3.8, 4) is 17.6 Å². The Morgan fingerprint density at radius 2 is 1.96 bits per heavy atom. The summed E-state index contributed by atoms with van der Waals surface area (Å²) in [7, 11) is 2.89. The minimum Gasteiger partial charge on any atom is -0.507 e. The number of ether oxygens (including phenoxy) is 2. The normalized spacial score (nSPS) is 11.4. The predicted octanol–water partition coefficient (Wildman–Crippen LogP) is 2.28. The number of carbonyl (C=O) groups excluding carboxylic acids is 1. The number of phenolic OH excluding ortho intramolecular Hbond substituents is 1. The summed E-state index contributed by atoms with van der Waals surface area (Å²) < 4.78 is 10.2. The van der Waals surface area contributed by atoms with Gasteiger partial charge < -0.3 is 19.9 Å². The maximum atomic E-state index is 12.3. The first-order valence-corrected chi connectivity index (χ1v) is 7.25. The Balaban J connectivity index is 2.07. The zero-order chi connectivity index (χ0) is 17.5. The highest BCUT2D eigenvalue weighted by molar-refractivity contribution is 5.83. The van der Waals surface area contributed by atoms with Gasteiger partial charge in [0.1, 0.15) is 11.5 Å². The molecule has 0 bridgehead atoms. The fourth-order valence-electron chi connectivity index (χ4n) is 2.23. The minimum atomic E-state index is -0.936. The zero-order valence-corrected chi connectivity index (χ0v) is 13.4. The fourth-order valence-corrected chi connectivity index (χ4v) is 2.23. The third kappa shape index (κ3) is 4.03. The van der Waals surface area contributed by atoms with Crippen molar-refractivity contribution < 1.29 is 19.4 Å². The molecule has 1 atom stereocenters. The summed E-state index contributed by atoms with van der Waals surface area (Å²) in [6, 6.07) is 13.6. The predicted molar refractivity (Wildman–Crippen MR) is 87.4 cm³/mol. The topological polar surface area (TPSA) is 91.6 Å². The SMILES string of the molecule is COc1ccc([C@H](OC)C(=O)NCc2ccc(C#N)cc2)c(O)c1. The Morgan fingerprint density at radius 1 is 1.25 bits per heavy atom. The van der Waals surface area contributed by atoms with Crippen molar-refractivity contribution in [1.29, 1.82) is 5.26 Å². The summed E-state index contributed by atoms with van der Waals surface area (Å²) in [6.07, 6.45) is -0.936. The van der Waals surface area contributed by atoms with E-state index in [1.807, 2.05) is 6.07 Å². The van der Waals surface area contributed by atoms with Crippen LogP contribution in [0.5, 0.6) is 11.5 Å².